The van der Waals surface area contributed by atoms with Gasteiger partial charge in [-0.05, 0) is 87.4 Å². The Balaban J connectivity index is 0.783. The van der Waals surface area contributed by atoms with Crippen molar-refractivity contribution in [1.82, 2.24) is 40.3 Å². The van der Waals surface area contributed by atoms with E-state index in [0.717, 1.165) is 78.0 Å². The molecule has 9 rings (SSSR count). The van der Waals surface area contributed by atoms with Gasteiger partial charge < -0.3 is 50.1 Å². The largest absolute Gasteiger partial charge is 0.507 e. The predicted molar refractivity (Wildman–Crippen MR) is 303 cm³/mol. The SMILES string of the molecule is C=CC(=O)N1CCN(c2nc(NCCC(=O)N(C)CCOCCOc3ccc(-c4csc([C@@H]5CCCN5C(=O)[C@@H](NC(=O)[C@H](C)NC)C5CCCCC5)n4)c4ccccc34)nc3c(F)c(-c4c(O)cccc4F)c(Cl)cc23)CC1. The van der Waals surface area contributed by atoms with Gasteiger partial charge in [0.1, 0.15) is 46.3 Å². The second-order valence-corrected chi connectivity index (χ2v) is 21.5. The van der Waals surface area contributed by atoms with Crippen LogP contribution in [-0.4, -0.2) is 150 Å². The Hall–Kier alpha value is -7.00. The minimum absolute atomic E-state index is 0.0126. The number of anilines is 2. The Morgan fingerprint density at radius 3 is 2.43 bits per heavy atom. The second kappa shape index (κ2) is 25.9. The zero-order valence-corrected chi connectivity index (χ0v) is 46.3. The molecule has 1 aliphatic carbocycles. The van der Waals surface area contributed by atoms with Gasteiger partial charge in [-0.2, -0.15) is 4.98 Å². The van der Waals surface area contributed by atoms with E-state index < -0.39 is 35.0 Å². The lowest BCUT2D eigenvalue weighted by Crippen LogP contribution is -2.55. The smallest absolute Gasteiger partial charge is 0.246 e. The van der Waals surface area contributed by atoms with E-state index in [1.54, 1.807) is 42.2 Å². The first-order valence-electron chi connectivity index (χ1n) is 27.0. The third kappa shape index (κ3) is 12.7. The molecule has 0 radical (unpaired) electrons. The van der Waals surface area contributed by atoms with E-state index in [0.29, 0.717) is 50.8 Å². The number of likely N-dealkylation sites (tertiary alicyclic amines) is 1. The quantitative estimate of drug-likeness (QED) is 0.0395. The lowest BCUT2D eigenvalue weighted by atomic mass is 9.83. The fraction of sp³-hybridized carbons (Fsp3) is 0.431. The summed E-state index contributed by atoms with van der Waals surface area (Å²) in [6.07, 6.45) is 8.07. The number of aromatic nitrogens is 3. The third-order valence-corrected chi connectivity index (χ3v) is 16.5. The molecule has 3 fully saturated rings. The lowest BCUT2D eigenvalue weighted by Gasteiger charge is -2.35. The molecule has 1 saturated carbocycles. The number of nitrogens with one attached hydrogen (secondary N) is 3. The number of fused-ring (bicyclic) bond motifs is 2. The summed E-state index contributed by atoms with van der Waals surface area (Å²) in [5.41, 5.74) is 0.833. The van der Waals surface area contributed by atoms with E-state index in [2.05, 4.69) is 32.9 Å². The number of hydrogen-bond acceptors (Lipinski definition) is 14. The summed E-state index contributed by atoms with van der Waals surface area (Å²) < 4.78 is 43.8. The minimum Gasteiger partial charge on any atom is -0.507 e. The van der Waals surface area contributed by atoms with Gasteiger partial charge in [0.15, 0.2) is 5.82 Å². The summed E-state index contributed by atoms with van der Waals surface area (Å²) in [7, 11) is 3.42. The van der Waals surface area contributed by atoms with E-state index in [4.69, 9.17) is 31.0 Å². The molecular weight excluding hydrogens is 1050 g/mol. The number of hydrogen-bond donors (Lipinski definition) is 4. The topological polar surface area (TPSA) is 195 Å². The zero-order valence-electron chi connectivity index (χ0n) is 44.7. The molecule has 0 unspecified atom stereocenters. The van der Waals surface area contributed by atoms with Crippen LogP contribution in [0.5, 0.6) is 11.5 Å². The highest BCUT2D eigenvalue weighted by atomic mass is 35.5. The number of rotatable bonds is 21. The van der Waals surface area contributed by atoms with Crippen molar-refractivity contribution in [3.05, 3.63) is 100 Å². The Bertz CT molecular complexity index is 3190. The van der Waals surface area contributed by atoms with Gasteiger partial charge in [-0.25, -0.2) is 18.7 Å². The molecule has 6 aromatic rings. The number of thiazole rings is 1. The number of nitrogens with zero attached hydrogens (tertiary/aromatic N) is 7. The molecule has 4 N–H and O–H groups in total. The molecule has 21 heteroatoms. The van der Waals surface area contributed by atoms with Gasteiger partial charge in [-0.15, -0.1) is 11.3 Å². The standard InChI is InChI=1S/C58H67ClF2N10O7S/c1-5-47(73)69-25-27-70(28-26-69)54-40-33-41(59)49(50-42(60)17-11-19-45(50)72)51(61)53(40)66-58(67-54)63-23-22-48(74)68(4)29-30-77-31-32-78-46-21-20-38(37-15-9-10-16-39(37)46)43-34-79-56(64-43)44-18-12-24-71(44)57(76)52(36-13-7-6-8-14-36)65-55(75)35(2)62-3/h5,9-11,15-17,19-21,33-36,44,52,62,72H,1,6-8,12-14,18,22-32H2,2-4H3,(H,65,75)(H,63,66,67)/t35-,44-,52-/m0/s1. The van der Waals surface area contributed by atoms with E-state index >= 15 is 8.78 Å². The summed E-state index contributed by atoms with van der Waals surface area (Å²) in [6, 6.07) is 15.9. The van der Waals surface area contributed by atoms with Crippen molar-refractivity contribution in [3.63, 3.8) is 0 Å². The summed E-state index contributed by atoms with van der Waals surface area (Å²) in [4.78, 5) is 74.4. The molecule has 418 valence electrons. The molecule has 0 bridgehead atoms. The summed E-state index contributed by atoms with van der Waals surface area (Å²) in [5.74, 6) is -1.78. The number of carbonyl (C=O) groups excluding carboxylic acids is 4. The van der Waals surface area contributed by atoms with Crippen LogP contribution in [0.2, 0.25) is 5.02 Å². The number of amides is 4. The number of benzene rings is 4. The number of halogens is 3. The average molecular weight is 1120 g/mol. The summed E-state index contributed by atoms with van der Waals surface area (Å²) in [5, 5.41) is 24.7. The van der Waals surface area contributed by atoms with Crippen molar-refractivity contribution in [2.24, 2.45) is 5.92 Å². The number of ether oxygens (including phenoxy) is 2. The van der Waals surface area contributed by atoms with Gasteiger partial charge in [-0.1, -0.05) is 67.8 Å². The van der Waals surface area contributed by atoms with Gasteiger partial charge in [0.2, 0.25) is 29.6 Å². The van der Waals surface area contributed by atoms with Crippen molar-refractivity contribution in [1.29, 1.82) is 0 Å². The molecule has 4 aromatic carbocycles. The van der Waals surface area contributed by atoms with Gasteiger partial charge in [-0.3, -0.25) is 19.2 Å². The van der Waals surface area contributed by atoms with Crippen LogP contribution in [0.1, 0.15) is 69.3 Å². The lowest BCUT2D eigenvalue weighted by molar-refractivity contribution is -0.139. The number of carbonyl (C=O) groups is 4. The normalized spacial score (nSPS) is 16.7. The van der Waals surface area contributed by atoms with Crippen LogP contribution in [0.3, 0.4) is 0 Å². The molecule has 79 heavy (non-hydrogen) atoms. The predicted octanol–water partition coefficient (Wildman–Crippen LogP) is 8.74. The first-order valence-corrected chi connectivity index (χ1v) is 28.3. The number of phenols is 1. The molecule has 2 aromatic heterocycles. The van der Waals surface area contributed by atoms with Crippen LogP contribution >= 0.6 is 22.9 Å². The van der Waals surface area contributed by atoms with Crippen molar-refractivity contribution >= 4 is 80.0 Å². The highest BCUT2D eigenvalue weighted by Crippen LogP contribution is 2.44. The Morgan fingerprint density at radius 2 is 1.68 bits per heavy atom. The highest BCUT2D eigenvalue weighted by Gasteiger charge is 2.40. The van der Waals surface area contributed by atoms with E-state index in [1.807, 2.05) is 46.2 Å². The van der Waals surface area contributed by atoms with Gasteiger partial charge in [0.25, 0.3) is 0 Å². The number of aromatic hydroxyl groups is 1. The van der Waals surface area contributed by atoms with Crippen LogP contribution < -0.4 is 25.6 Å². The fourth-order valence-electron chi connectivity index (χ4n) is 10.8. The molecule has 4 amide bonds. The maximum atomic E-state index is 16.6. The zero-order chi connectivity index (χ0) is 55.7. The molecule has 4 heterocycles. The van der Waals surface area contributed by atoms with Crippen LogP contribution in [0.25, 0.3) is 44.1 Å². The number of phenolic OH excluding ortho intramolecular Hbond substituents is 1. The van der Waals surface area contributed by atoms with Crippen molar-refractivity contribution in [3.8, 4) is 33.9 Å². The van der Waals surface area contributed by atoms with Crippen LogP contribution in [0.4, 0.5) is 20.5 Å². The Labute approximate surface area is 467 Å². The van der Waals surface area contributed by atoms with Crippen LogP contribution in [0, 0.1) is 17.6 Å². The average Bonchev–Trinajstić information content (AvgIpc) is 4.29. The maximum absolute atomic E-state index is 16.6. The Morgan fingerprint density at radius 1 is 0.911 bits per heavy atom. The first-order chi connectivity index (χ1) is 38.3. The highest BCUT2D eigenvalue weighted by molar-refractivity contribution is 7.10. The monoisotopic (exact) mass is 1120 g/mol. The van der Waals surface area contributed by atoms with Gasteiger partial charge in [0, 0.05) is 86.6 Å². The second-order valence-electron chi connectivity index (χ2n) is 20.2. The van der Waals surface area contributed by atoms with Crippen molar-refractivity contribution < 1.29 is 42.5 Å². The molecule has 0 spiro atoms. The molecular formula is C58H67ClF2N10O7S. The summed E-state index contributed by atoms with van der Waals surface area (Å²) in [6.45, 7) is 8.61. The number of likely N-dealkylation sites (N-methyl/N-ethyl adjacent to an activating group) is 2. The van der Waals surface area contributed by atoms with Crippen molar-refractivity contribution in [2.45, 2.75) is 76.4 Å². The van der Waals surface area contributed by atoms with Gasteiger partial charge >= 0.3 is 0 Å². The minimum atomic E-state index is -0.963. The third-order valence-electron chi connectivity index (χ3n) is 15.3. The number of piperazine rings is 1. The molecule has 3 aliphatic rings. The Kier molecular flexibility index (Phi) is 18.6. The molecule has 3 atom stereocenters. The fourth-order valence-corrected chi connectivity index (χ4v) is 12.0. The van der Waals surface area contributed by atoms with E-state index in [1.165, 1.54) is 24.3 Å². The van der Waals surface area contributed by atoms with Crippen molar-refractivity contribution in [2.75, 3.05) is 89.9 Å². The van der Waals surface area contributed by atoms with E-state index in [9.17, 15) is 24.3 Å². The van der Waals surface area contributed by atoms with E-state index in [-0.39, 0.29) is 95.8 Å². The molecule has 17 nitrogen and oxygen atoms in total. The molecule has 2 saturated heterocycles. The first kappa shape index (κ1) is 56.7. The summed E-state index contributed by atoms with van der Waals surface area (Å²) >= 11 is 8.17. The van der Waals surface area contributed by atoms with Gasteiger partial charge in [0.05, 0.1) is 41.6 Å². The van der Waals surface area contributed by atoms with Crippen LogP contribution in [0.15, 0.2) is 78.7 Å². The van der Waals surface area contributed by atoms with Crippen LogP contribution in [-0.2, 0) is 23.9 Å². The molecule has 2 aliphatic heterocycles. The maximum Gasteiger partial charge on any atom is 0.246 e.